The zero-order valence-corrected chi connectivity index (χ0v) is 20.7. The Morgan fingerprint density at radius 3 is 2.65 bits per heavy atom. The lowest BCUT2D eigenvalue weighted by Crippen LogP contribution is -2.24. The molecule has 0 saturated carbocycles. The van der Waals surface area contributed by atoms with Crippen LogP contribution in [-0.2, 0) is 0 Å². The van der Waals surface area contributed by atoms with Crippen molar-refractivity contribution in [1.82, 2.24) is 4.98 Å². The summed E-state index contributed by atoms with van der Waals surface area (Å²) >= 11 is 0. The third-order valence-electron chi connectivity index (χ3n) is 5.61. The first-order valence-electron chi connectivity index (χ1n) is 10.2. The number of pyridine rings is 1. The van der Waals surface area contributed by atoms with Crippen molar-refractivity contribution in [3.63, 3.8) is 0 Å². The monoisotopic (exact) mass is 465 g/mol. The highest BCUT2D eigenvalue weighted by Gasteiger charge is 2.26. The van der Waals surface area contributed by atoms with Gasteiger partial charge in [-0.25, -0.2) is 4.98 Å². The number of aromatic nitrogens is 1. The average molecular weight is 465 g/mol. The number of amides is 1. The summed E-state index contributed by atoms with van der Waals surface area (Å²) in [6, 6.07) is 15.8. The van der Waals surface area contributed by atoms with Crippen molar-refractivity contribution in [2.45, 2.75) is 13.3 Å². The lowest BCUT2D eigenvalue weighted by Gasteiger charge is -2.23. The van der Waals surface area contributed by atoms with E-state index >= 15 is 0 Å². The molecular weight excluding hydrogens is 439 g/mol. The Kier molecular flexibility index (Phi) is 6.83. The van der Waals surface area contributed by atoms with Crippen LogP contribution in [-0.4, -0.2) is 29.8 Å². The number of rotatable bonds is 5. The van der Waals surface area contributed by atoms with E-state index in [9.17, 15) is 4.79 Å². The Morgan fingerprint density at radius 2 is 1.94 bits per heavy atom. The van der Waals surface area contributed by atoms with E-state index in [0.717, 1.165) is 58.3 Å². The van der Waals surface area contributed by atoms with Crippen LogP contribution in [0.4, 0.5) is 11.5 Å². The first-order valence-corrected chi connectivity index (χ1v) is 12.0. The Balaban J connectivity index is 1.80. The van der Waals surface area contributed by atoms with E-state index in [-0.39, 0.29) is 5.91 Å². The van der Waals surface area contributed by atoms with Gasteiger partial charge in [0.15, 0.2) is 5.82 Å². The predicted octanol–water partition coefficient (Wildman–Crippen LogP) is 4.08. The summed E-state index contributed by atoms with van der Waals surface area (Å²) < 4.78 is 0. The summed E-state index contributed by atoms with van der Waals surface area (Å²) in [6.45, 7) is 3.78. The van der Waals surface area contributed by atoms with Crippen molar-refractivity contribution < 1.29 is 4.79 Å². The molecular formula is C24H26N3OP3. The van der Waals surface area contributed by atoms with Crippen molar-refractivity contribution in [2.75, 3.05) is 23.3 Å². The minimum absolute atomic E-state index is 0.134. The topological polar surface area (TPSA) is 45.2 Å². The van der Waals surface area contributed by atoms with E-state index in [2.05, 4.69) is 61.6 Å². The maximum absolute atomic E-state index is 13.2. The van der Waals surface area contributed by atoms with Gasteiger partial charge in [0.25, 0.3) is 5.91 Å². The smallest absolute Gasteiger partial charge is 0.255 e. The minimum Gasteiger partial charge on any atom is -0.354 e. The van der Waals surface area contributed by atoms with E-state index < -0.39 is 0 Å². The molecule has 3 unspecified atom stereocenters. The predicted molar refractivity (Wildman–Crippen MR) is 142 cm³/mol. The molecule has 2 heterocycles. The first kappa shape index (κ1) is 22.1. The molecule has 1 aliphatic heterocycles. The number of nitrogens with one attached hydrogen (secondary N) is 1. The second kappa shape index (κ2) is 9.58. The van der Waals surface area contributed by atoms with E-state index in [4.69, 9.17) is 4.98 Å². The number of hydrogen-bond acceptors (Lipinski definition) is 3. The van der Waals surface area contributed by atoms with E-state index in [0.29, 0.717) is 11.5 Å². The molecule has 1 fully saturated rings. The Hall–Kier alpha value is -2.11. The number of hydrogen-bond donors (Lipinski definition) is 1. The van der Waals surface area contributed by atoms with Gasteiger partial charge in [0.2, 0.25) is 0 Å². The van der Waals surface area contributed by atoms with Crippen LogP contribution >= 0.6 is 27.3 Å². The molecule has 31 heavy (non-hydrogen) atoms. The highest BCUT2D eigenvalue weighted by molar-refractivity contribution is 7.28. The van der Waals surface area contributed by atoms with Gasteiger partial charge < -0.3 is 10.2 Å². The van der Waals surface area contributed by atoms with E-state index in [1.54, 1.807) is 0 Å². The van der Waals surface area contributed by atoms with Gasteiger partial charge >= 0.3 is 0 Å². The normalized spacial score (nSPS) is 15.7. The third kappa shape index (κ3) is 4.88. The van der Waals surface area contributed by atoms with Gasteiger partial charge in [-0.2, -0.15) is 0 Å². The second-order valence-corrected chi connectivity index (χ2v) is 9.51. The highest BCUT2D eigenvalue weighted by atomic mass is 31.0. The zero-order chi connectivity index (χ0) is 22.0. The van der Waals surface area contributed by atoms with Crippen molar-refractivity contribution in [2.24, 2.45) is 5.92 Å². The molecule has 2 aromatic carbocycles. The van der Waals surface area contributed by atoms with Crippen LogP contribution in [0.5, 0.6) is 0 Å². The van der Waals surface area contributed by atoms with Gasteiger partial charge in [0.1, 0.15) is 0 Å². The molecule has 4 nitrogen and oxygen atoms in total. The fourth-order valence-electron chi connectivity index (χ4n) is 3.85. The molecule has 0 spiro atoms. The summed E-state index contributed by atoms with van der Waals surface area (Å²) in [6.07, 6.45) is 2.88. The third-order valence-corrected chi connectivity index (χ3v) is 6.94. The number of carbonyl (C=O) groups excluding carboxylic acids is 1. The number of nitrogens with zero attached hydrogens (tertiary/aromatic N) is 2. The molecule has 3 aromatic rings. The maximum atomic E-state index is 13.2. The zero-order valence-electron chi connectivity index (χ0n) is 17.4. The van der Waals surface area contributed by atoms with Crippen molar-refractivity contribution in [3.8, 4) is 11.1 Å². The SMILES string of the molecule is Cc1ccc(C(=O)Nc2c(-c3cc(P)ccc3P)ccnc2N2CCC(C=P)C2)cc1. The largest absolute Gasteiger partial charge is 0.354 e. The molecule has 1 amide bonds. The van der Waals surface area contributed by atoms with Crippen LogP contribution in [0.1, 0.15) is 22.3 Å². The molecule has 0 radical (unpaired) electrons. The lowest BCUT2D eigenvalue weighted by atomic mass is 10.0. The van der Waals surface area contributed by atoms with Crippen LogP contribution in [0.3, 0.4) is 0 Å². The minimum atomic E-state index is -0.134. The highest BCUT2D eigenvalue weighted by Crippen LogP contribution is 2.37. The number of anilines is 2. The van der Waals surface area contributed by atoms with Gasteiger partial charge in [-0.05, 0) is 53.8 Å². The molecule has 3 atom stereocenters. The molecule has 7 heteroatoms. The Morgan fingerprint density at radius 1 is 1.16 bits per heavy atom. The standard InChI is InChI=1S/C24H26N3OP3/c1-15-2-4-17(5-3-15)24(28)26-22-19(20-12-18(30)6-7-21(20)31)8-10-25-23(22)27-11-9-16(13-27)14-29/h2-8,10,12,14,16,29H,9,11,13,30-31H2,1H3,(H,26,28). The van der Waals surface area contributed by atoms with E-state index in [1.165, 1.54) is 0 Å². The van der Waals surface area contributed by atoms with Crippen molar-refractivity contribution in [3.05, 3.63) is 65.9 Å². The Labute approximate surface area is 190 Å². The van der Waals surface area contributed by atoms with Crippen LogP contribution in [0.2, 0.25) is 0 Å². The van der Waals surface area contributed by atoms with Crippen molar-refractivity contribution >= 4 is 61.2 Å². The van der Waals surface area contributed by atoms with Gasteiger partial charge in [-0.3, -0.25) is 4.79 Å². The van der Waals surface area contributed by atoms with E-state index in [1.807, 2.05) is 43.5 Å². The summed E-state index contributed by atoms with van der Waals surface area (Å²) in [5.74, 6) is 3.20. The molecule has 1 aliphatic rings. The average Bonchev–Trinajstić information content (AvgIpc) is 3.25. The molecule has 0 aliphatic carbocycles. The van der Waals surface area contributed by atoms with Gasteiger partial charge in [-0.15, -0.1) is 27.3 Å². The molecule has 158 valence electrons. The number of aryl methyl sites for hydroxylation is 1. The summed E-state index contributed by atoms with van der Waals surface area (Å²) in [4.78, 5) is 20.1. The quantitative estimate of drug-likeness (QED) is 0.578. The van der Waals surface area contributed by atoms with Crippen LogP contribution < -0.4 is 20.8 Å². The summed E-state index contributed by atoms with van der Waals surface area (Å²) in [5.41, 5.74) is 4.53. The summed E-state index contributed by atoms with van der Waals surface area (Å²) in [7, 11) is 9.09. The molecule has 1 saturated heterocycles. The molecule has 0 bridgehead atoms. The first-order chi connectivity index (χ1) is 15.0. The summed E-state index contributed by atoms with van der Waals surface area (Å²) in [5, 5.41) is 5.35. The van der Waals surface area contributed by atoms with Gasteiger partial charge in [0.05, 0.1) is 5.69 Å². The van der Waals surface area contributed by atoms with Crippen LogP contribution in [0, 0.1) is 12.8 Å². The fraction of sp³-hybridized carbons (Fsp3) is 0.208. The lowest BCUT2D eigenvalue weighted by molar-refractivity contribution is 0.102. The number of benzene rings is 2. The fourth-order valence-corrected chi connectivity index (χ4v) is 4.72. The van der Waals surface area contributed by atoms with Crippen molar-refractivity contribution in [1.29, 1.82) is 0 Å². The van der Waals surface area contributed by atoms with Gasteiger partial charge in [0, 0.05) is 36.3 Å². The molecule has 1 N–H and O–H groups in total. The Bertz CT molecular complexity index is 1130. The van der Waals surface area contributed by atoms with Crippen LogP contribution in [0.15, 0.2) is 54.7 Å². The number of carbonyl (C=O) groups is 1. The van der Waals surface area contributed by atoms with Crippen LogP contribution in [0.25, 0.3) is 11.1 Å². The van der Waals surface area contributed by atoms with Gasteiger partial charge in [-0.1, -0.05) is 35.6 Å². The molecule has 1 aromatic heterocycles. The second-order valence-electron chi connectivity index (χ2n) is 7.89. The maximum Gasteiger partial charge on any atom is 0.255 e. The molecule has 4 rings (SSSR count).